The van der Waals surface area contributed by atoms with Gasteiger partial charge in [-0.1, -0.05) is 42.5 Å². The van der Waals surface area contributed by atoms with Crippen LogP contribution in [0.2, 0.25) is 0 Å². The van der Waals surface area contributed by atoms with Gasteiger partial charge in [-0.3, -0.25) is 9.89 Å². The molecule has 32 heavy (non-hydrogen) atoms. The smallest absolute Gasteiger partial charge is 0.191 e. The Labute approximate surface area is 207 Å². The normalized spacial score (nSPS) is 20.3. The first-order valence-electron chi connectivity index (χ1n) is 11.2. The third kappa shape index (κ3) is 6.42. The third-order valence-electron chi connectivity index (χ3n) is 6.30. The van der Waals surface area contributed by atoms with Gasteiger partial charge in [0.05, 0.1) is 12.7 Å². The van der Waals surface area contributed by atoms with Gasteiger partial charge >= 0.3 is 0 Å². The summed E-state index contributed by atoms with van der Waals surface area (Å²) >= 11 is 0. The molecule has 4 rings (SSSR count). The summed E-state index contributed by atoms with van der Waals surface area (Å²) in [5, 5.41) is 6.81. The minimum atomic E-state index is -0.115. The molecule has 1 heterocycles. The fourth-order valence-corrected chi connectivity index (χ4v) is 4.37. The number of morpholine rings is 1. The predicted octanol–water partition coefficient (Wildman–Crippen LogP) is 4.06. The lowest BCUT2D eigenvalue weighted by Crippen LogP contribution is -2.41. The quantitative estimate of drug-likeness (QED) is 0.309. The predicted molar refractivity (Wildman–Crippen MR) is 138 cm³/mol. The van der Waals surface area contributed by atoms with Crippen LogP contribution in [0, 0.1) is 5.82 Å². The summed E-state index contributed by atoms with van der Waals surface area (Å²) in [6, 6.07) is 15.8. The number of nitrogens with one attached hydrogen (secondary N) is 2. The second kappa shape index (κ2) is 11.4. The van der Waals surface area contributed by atoms with Crippen molar-refractivity contribution in [2.75, 3.05) is 33.3 Å². The van der Waals surface area contributed by atoms with Gasteiger partial charge in [-0.15, -0.1) is 24.0 Å². The molecule has 174 valence electrons. The standard InChI is InChI=1S/C25H33FN4O.HI/c1-19-16-30(12-13-31-19)17-21-7-5-6-20(14-21)15-28-24(27-2)29-18-25(10-11-25)22-8-3-4-9-23(22)26;/h3-9,14,19H,10-13,15-18H2,1-2H3,(H2,27,28,29);1H. The fourth-order valence-electron chi connectivity index (χ4n) is 4.37. The molecule has 0 bridgehead atoms. The van der Waals surface area contributed by atoms with E-state index in [9.17, 15) is 4.39 Å². The number of benzene rings is 2. The molecule has 1 aliphatic carbocycles. The van der Waals surface area contributed by atoms with Crippen LogP contribution in [0.4, 0.5) is 4.39 Å². The molecule has 1 atom stereocenters. The number of hydrogen-bond acceptors (Lipinski definition) is 3. The molecule has 5 nitrogen and oxygen atoms in total. The Morgan fingerprint density at radius 1 is 1.16 bits per heavy atom. The van der Waals surface area contributed by atoms with Crippen molar-refractivity contribution in [2.45, 2.75) is 44.4 Å². The number of hydrogen-bond donors (Lipinski definition) is 2. The van der Waals surface area contributed by atoms with E-state index in [2.05, 4.69) is 51.7 Å². The summed E-state index contributed by atoms with van der Waals surface area (Å²) in [6.07, 6.45) is 2.30. The topological polar surface area (TPSA) is 48.9 Å². The van der Waals surface area contributed by atoms with Crippen LogP contribution in [0.15, 0.2) is 53.5 Å². The highest BCUT2D eigenvalue weighted by Gasteiger charge is 2.45. The monoisotopic (exact) mass is 552 g/mol. The van der Waals surface area contributed by atoms with Gasteiger partial charge in [-0.2, -0.15) is 0 Å². The Hall–Kier alpha value is -1.71. The van der Waals surface area contributed by atoms with Crippen LogP contribution in [0.25, 0.3) is 0 Å². The Kier molecular flexibility index (Phi) is 8.90. The van der Waals surface area contributed by atoms with Gasteiger partial charge in [0.25, 0.3) is 0 Å². The van der Waals surface area contributed by atoms with Gasteiger partial charge in [0.1, 0.15) is 5.82 Å². The zero-order valence-electron chi connectivity index (χ0n) is 18.9. The molecule has 0 aromatic heterocycles. The fraction of sp³-hybridized carbons (Fsp3) is 0.480. The Morgan fingerprint density at radius 2 is 1.94 bits per heavy atom. The molecule has 7 heteroatoms. The molecular weight excluding hydrogens is 518 g/mol. The SMILES string of the molecule is CN=C(NCc1cccc(CN2CCOC(C)C2)c1)NCC1(c2ccccc2F)CC1.I. The molecule has 2 fully saturated rings. The van der Waals surface area contributed by atoms with E-state index >= 15 is 0 Å². The second-order valence-corrected chi connectivity index (χ2v) is 8.78. The first-order chi connectivity index (χ1) is 15.1. The lowest BCUT2D eigenvalue weighted by atomic mass is 9.95. The first kappa shape index (κ1) is 24.9. The van der Waals surface area contributed by atoms with Crippen molar-refractivity contribution in [1.82, 2.24) is 15.5 Å². The van der Waals surface area contributed by atoms with E-state index in [0.717, 1.165) is 50.6 Å². The summed E-state index contributed by atoms with van der Waals surface area (Å²) in [7, 11) is 1.77. The van der Waals surface area contributed by atoms with E-state index in [4.69, 9.17) is 4.74 Å². The molecule has 2 aliphatic rings. The van der Waals surface area contributed by atoms with Crippen molar-refractivity contribution < 1.29 is 9.13 Å². The van der Waals surface area contributed by atoms with E-state index in [-0.39, 0.29) is 35.2 Å². The lowest BCUT2D eigenvalue weighted by Gasteiger charge is -2.31. The zero-order valence-corrected chi connectivity index (χ0v) is 21.3. The molecule has 1 saturated heterocycles. The average Bonchev–Trinajstić information content (AvgIpc) is 3.55. The largest absolute Gasteiger partial charge is 0.376 e. The highest BCUT2D eigenvalue weighted by Crippen LogP contribution is 2.48. The molecule has 0 amide bonds. The molecule has 2 aromatic carbocycles. The van der Waals surface area contributed by atoms with Crippen LogP contribution in [0.3, 0.4) is 0 Å². The van der Waals surface area contributed by atoms with E-state index in [1.54, 1.807) is 19.2 Å². The second-order valence-electron chi connectivity index (χ2n) is 8.78. The van der Waals surface area contributed by atoms with E-state index in [1.165, 1.54) is 11.1 Å². The molecule has 1 unspecified atom stereocenters. The van der Waals surface area contributed by atoms with Gasteiger partial charge in [0, 0.05) is 45.2 Å². The molecule has 2 aromatic rings. The molecule has 1 saturated carbocycles. The summed E-state index contributed by atoms with van der Waals surface area (Å²) < 4.78 is 19.9. The van der Waals surface area contributed by atoms with Gasteiger partial charge in [0.15, 0.2) is 5.96 Å². The summed E-state index contributed by atoms with van der Waals surface area (Å²) in [6.45, 7) is 7.21. The molecule has 0 spiro atoms. The van der Waals surface area contributed by atoms with Crippen LogP contribution in [-0.2, 0) is 23.2 Å². The van der Waals surface area contributed by atoms with Crippen LogP contribution < -0.4 is 10.6 Å². The first-order valence-corrected chi connectivity index (χ1v) is 11.2. The maximum Gasteiger partial charge on any atom is 0.191 e. The van der Waals surface area contributed by atoms with E-state index in [0.29, 0.717) is 19.2 Å². The van der Waals surface area contributed by atoms with Crippen LogP contribution >= 0.6 is 24.0 Å². The molecule has 2 N–H and O–H groups in total. The number of rotatable bonds is 7. The van der Waals surface area contributed by atoms with E-state index in [1.807, 2.05) is 12.1 Å². The van der Waals surface area contributed by atoms with E-state index < -0.39 is 0 Å². The maximum absolute atomic E-state index is 14.2. The van der Waals surface area contributed by atoms with Crippen molar-refractivity contribution in [3.8, 4) is 0 Å². The summed E-state index contributed by atoms with van der Waals surface area (Å²) in [5.74, 6) is 0.631. The highest BCUT2D eigenvalue weighted by molar-refractivity contribution is 14.0. The molecule has 1 aliphatic heterocycles. The summed E-state index contributed by atoms with van der Waals surface area (Å²) in [4.78, 5) is 6.80. The van der Waals surface area contributed by atoms with Gasteiger partial charge < -0.3 is 15.4 Å². The number of aliphatic imine (C=N–C) groups is 1. The Morgan fingerprint density at radius 3 is 2.66 bits per heavy atom. The number of guanidine groups is 1. The Balaban J connectivity index is 0.00000289. The zero-order chi connectivity index (χ0) is 21.7. The van der Waals surface area contributed by atoms with Crippen LogP contribution in [0.5, 0.6) is 0 Å². The van der Waals surface area contributed by atoms with Crippen LogP contribution in [-0.4, -0.2) is 50.3 Å². The van der Waals surface area contributed by atoms with Crippen molar-refractivity contribution in [3.63, 3.8) is 0 Å². The lowest BCUT2D eigenvalue weighted by molar-refractivity contribution is -0.0212. The van der Waals surface area contributed by atoms with Gasteiger partial charge in [0.2, 0.25) is 0 Å². The minimum Gasteiger partial charge on any atom is -0.376 e. The maximum atomic E-state index is 14.2. The third-order valence-corrected chi connectivity index (χ3v) is 6.30. The minimum absolute atomic E-state index is 0. The molecular formula is C25H34FIN4O. The number of ether oxygens (including phenoxy) is 1. The van der Waals surface area contributed by atoms with Gasteiger partial charge in [-0.25, -0.2) is 4.39 Å². The summed E-state index contributed by atoms with van der Waals surface area (Å²) in [5.41, 5.74) is 3.23. The van der Waals surface area contributed by atoms with Crippen molar-refractivity contribution in [1.29, 1.82) is 0 Å². The van der Waals surface area contributed by atoms with Gasteiger partial charge in [-0.05, 0) is 42.5 Å². The van der Waals surface area contributed by atoms with Crippen molar-refractivity contribution in [3.05, 3.63) is 71.0 Å². The number of halogens is 2. The average molecular weight is 552 g/mol. The van der Waals surface area contributed by atoms with Crippen molar-refractivity contribution in [2.24, 2.45) is 4.99 Å². The Bertz CT molecular complexity index is 918. The number of nitrogens with zero attached hydrogens (tertiary/aromatic N) is 2. The van der Waals surface area contributed by atoms with Crippen LogP contribution in [0.1, 0.15) is 36.5 Å². The van der Waals surface area contributed by atoms with Crippen molar-refractivity contribution >= 4 is 29.9 Å². The molecule has 0 radical (unpaired) electrons. The highest BCUT2D eigenvalue weighted by atomic mass is 127.